The number of carbonyl (C=O) groups excluding carboxylic acids is 2. The van der Waals surface area contributed by atoms with Gasteiger partial charge in [0, 0.05) is 35.8 Å². The summed E-state index contributed by atoms with van der Waals surface area (Å²) in [5, 5.41) is 4.60. The number of hydrogen-bond donors (Lipinski definition) is 1. The van der Waals surface area contributed by atoms with Crippen LogP contribution in [0.3, 0.4) is 0 Å². The Hall–Kier alpha value is -3.45. The first-order valence-electron chi connectivity index (χ1n) is 12.1. The molecule has 6 nitrogen and oxygen atoms in total. The Kier molecular flexibility index (Phi) is 6.19. The van der Waals surface area contributed by atoms with Gasteiger partial charge in [-0.15, -0.1) is 0 Å². The summed E-state index contributed by atoms with van der Waals surface area (Å²) in [6.45, 7) is 4.32. The summed E-state index contributed by atoms with van der Waals surface area (Å²) in [7, 11) is 1.82. The zero-order valence-corrected chi connectivity index (χ0v) is 21.2. The van der Waals surface area contributed by atoms with Crippen molar-refractivity contribution < 1.29 is 9.59 Å². The van der Waals surface area contributed by atoms with Gasteiger partial charge < -0.3 is 14.8 Å². The lowest BCUT2D eigenvalue weighted by Gasteiger charge is -2.17. The predicted molar refractivity (Wildman–Crippen MR) is 144 cm³/mol. The van der Waals surface area contributed by atoms with Crippen LogP contribution in [0.5, 0.6) is 0 Å². The number of hydrogen-bond acceptors (Lipinski definition) is 3. The van der Waals surface area contributed by atoms with Gasteiger partial charge in [0.1, 0.15) is 12.2 Å². The molecule has 2 amide bonds. The minimum absolute atomic E-state index is 0.0213. The topological polar surface area (TPSA) is 57.6 Å². The molecule has 2 aliphatic rings. The Balaban J connectivity index is 1.47. The van der Waals surface area contributed by atoms with Gasteiger partial charge in [-0.1, -0.05) is 37.1 Å². The standard InChI is InChI=1S/C28H30N4O2S/c1-18-12-13-22(14-19(18)2)32-27(34)25(30(3)28(32)35)15-20-16-31(24-11-7-6-10-23(20)24)17-26(33)29-21-8-4-5-9-21/h6-7,10-16,21H,4-5,8-9,17H2,1-3H3,(H,29,33)/b25-15-. The number of fused-ring (bicyclic) bond motifs is 1. The molecule has 7 heteroatoms. The van der Waals surface area contributed by atoms with Crippen molar-refractivity contribution in [2.75, 3.05) is 11.9 Å². The van der Waals surface area contributed by atoms with E-state index in [-0.39, 0.29) is 24.4 Å². The number of anilines is 1. The molecule has 2 heterocycles. The van der Waals surface area contributed by atoms with E-state index >= 15 is 0 Å². The van der Waals surface area contributed by atoms with Gasteiger partial charge in [0.15, 0.2) is 5.11 Å². The highest BCUT2D eigenvalue weighted by Crippen LogP contribution is 2.31. The molecule has 5 rings (SSSR count). The number of aryl methyl sites for hydroxylation is 2. The number of nitrogens with one attached hydrogen (secondary N) is 1. The van der Waals surface area contributed by atoms with E-state index in [1.54, 1.807) is 9.80 Å². The molecule has 1 saturated heterocycles. The number of likely N-dealkylation sites (N-methyl/N-ethyl adjacent to an activating group) is 1. The molecule has 1 aliphatic heterocycles. The maximum atomic E-state index is 13.5. The molecular weight excluding hydrogens is 456 g/mol. The second kappa shape index (κ2) is 9.30. The fraction of sp³-hybridized carbons (Fsp3) is 0.321. The fourth-order valence-electron chi connectivity index (χ4n) is 5.02. The number of nitrogens with zero attached hydrogens (tertiary/aromatic N) is 3. The molecule has 3 aromatic rings. The van der Waals surface area contributed by atoms with E-state index in [2.05, 4.69) is 5.32 Å². The highest BCUT2D eigenvalue weighted by Gasteiger charge is 2.37. The summed E-state index contributed by atoms with van der Waals surface area (Å²) in [6.07, 6.45) is 8.30. The zero-order valence-electron chi connectivity index (χ0n) is 20.4. The third kappa shape index (κ3) is 4.36. The summed E-state index contributed by atoms with van der Waals surface area (Å²) >= 11 is 5.65. The molecule has 1 aliphatic carbocycles. The van der Waals surface area contributed by atoms with E-state index in [4.69, 9.17) is 12.2 Å². The molecule has 2 fully saturated rings. The van der Waals surface area contributed by atoms with Crippen LogP contribution in [0.1, 0.15) is 42.4 Å². The van der Waals surface area contributed by atoms with Crippen molar-refractivity contribution in [3.8, 4) is 0 Å². The number of thiocarbonyl (C=S) groups is 1. The number of amides is 2. The predicted octanol–water partition coefficient (Wildman–Crippen LogP) is 4.92. The molecule has 0 bridgehead atoms. The van der Waals surface area contributed by atoms with E-state index in [0.29, 0.717) is 10.8 Å². The molecule has 1 saturated carbocycles. The average molecular weight is 487 g/mol. The molecule has 1 aromatic heterocycles. The number of aromatic nitrogens is 1. The molecule has 2 aromatic carbocycles. The van der Waals surface area contributed by atoms with Crippen LogP contribution < -0.4 is 10.2 Å². The van der Waals surface area contributed by atoms with Gasteiger partial charge in [0.05, 0.1) is 5.69 Å². The second-order valence-electron chi connectivity index (χ2n) is 9.56. The third-order valence-corrected chi connectivity index (χ3v) is 7.61. The van der Waals surface area contributed by atoms with Gasteiger partial charge in [-0.25, -0.2) is 0 Å². The zero-order chi connectivity index (χ0) is 24.7. The maximum Gasteiger partial charge on any atom is 0.281 e. The van der Waals surface area contributed by atoms with Gasteiger partial charge >= 0.3 is 0 Å². The smallest absolute Gasteiger partial charge is 0.281 e. The second-order valence-corrected chi connectivity index (χ2v) is 9.92. The van der Waals surface area contributed by atoms with Crippen LogP contribution in [0.2, 0.25) is 0 Å². The highest BCUT2D eigenvalue weighted by molar-refractivity contribution is 7.80. The van der Waals surface area contributed by atoms with E-state index in [0.717, 1.165) is 40.6 Å². The summed E-state index contributed by atoms with van der Waals surface area (Å²) in [6, 6.07) is 14.2. The van der Waals surface area contributed by atoms with Crippen molar-refractivity contribution in [2.24, 2.45) is 0 Å². The first-order chi connectivity index (χ1) is 16.8. The van der Waals surface area contributed by atoms with E-state index < -0.39 is 0 Å². The SMILES string of the molecule is Cc1ccc(N2C(=O)/C(=C/c3cn(CC(=O)NC4CCCC4)c4ccccc34)N(C)C2=S)cc1C. The van der Waals surface area contributed by atoms with E-state index in [1.165, 1.54) is 18.4 Å². The van der Waals surface area contributed by atoms with Crippen molar-refractivity contribution in [1.29, 1.82) is 0 Å². The normalized spacial score (nSPS) is 17.9. The van der Waals surface area contributed by atoms with Gasteiger partial charge in [-0.3, -0.25) is 14.5 Å². The molecule has 0 unspecified atom stereocenters. The largest absolute Gasteiger partial charge is 0.352 e. The summed E-state index contributed by atoms with van der Waals surface area (Å²) < 4.78 is 1.96. The molecule has 0 atom stereocenters. The first kappa shape index (κ1) is 23.3. The van der Waals surface area contributed by atoms with Crippen LogP contribution in [0.25, 0.3) is 17.0 Å². The minimum Gasteiger partial charge on any atom is -0.352 e. The molecule has 35 heavy (non-hydrogen) atoms. The van der Waals surface area contributed by atoms with Crippen molar-refractivity contribution in [3.63, 3.8) is 0 Å². The summed E-state index contributed by atoms with van der Waals surface area (Å²) in [5.74, 6) is -0.135. The van der Waals surface area contributed by atoms with E-state index in [1.807, 2.05) is 80.2 Å². The molecule has 0 radical (unpaired) electrons. The van der Waals surface area contributed by atoms with Gasteiger partial charge in [-0.2, -0.15) is 0 Å². The number of carbonyl (C=O) groups is 2. The Bertz CT molecular complexity index is 1370. The van der Waals surface area contributed by atoms with Crippen LogP contribution in [-0.2, 0) is 16.1 Å². The quantitative estimate of drug-likeness (QED) is 0.411. The highest BCUT2D eigenvalue weighted by atomic mass is 32.1. The monoisotopic (exact) mass is 486 g/mol. The maximum absolute atomic E-state index is 13.5. The van der Waals surface area contributed by atoms with Crippen molar-refractivity contribution >= 4 is 51.8 Å². The Morgan fingerprint density at radius 2 is 1.86 bits per heavy atom. The fourth-order valence-corrected chi connectivity index (χ4v) is 5.30. The van der Waals surface area contributed by atoms with Crippen molar-refractivity contribution in [1.82, 2.24) is 14.8 Å². The van der Waals surface area contributed by atoms with Crippen molar-refractivity contribution in [3.05, 3.63) is 71.0 Å². The first-order valence-corrected chi connectivity index (χ1v) is 12.5. The molecule has 1 N–H and O–H groups in total. The van der Waals surface area contributed by atoms with E-state index in [9.17, 15) is 9.59 Å². The Morgan fingerprint density at radius 1 is 1.11 bits per heavy atom. The summed E-state index contributed by atoms with van der Waals surface area (Å²) in [5.41, 5.74) is 5.39. The third-order valence-electron chi connectivity index (χ3n) is 7.16. The Morgan fingerprint density at radius 3 is 2.60 bits per heavy atom. The summed E-state index contributed by atoms with van der Waals surface area (Å²) in [4.78, 5) is 29.6. The lowest BCUT2D eigenvalue weighted by molar-refractivity contribution is -0.122. The molecule has 180 valence electrons. The van der Waals surface area contributed by atoms with Crippen LogP contribution in [0.15, 0.2) is 54.4 Å². The van der Waals surface area contributed by atoms with Crippen LogP contribution in [0.4, 0.5) is 5.69 Å². The van der Waals surface area contributed by atoms with Crippen LogP contribution in [0, 0.1) is 13.8 Å². The molecule has 0 spiro atoms. The number of para-hydroxylation sites is 1. The number of benzene rings is 2. The minimum atomic E-state index is -0.156. The lowest BCUT2D eigenvalue weighted by Crippen LogP contribution is -2.35. The molecular formula is C28H30N4O2S. The lowest BCUT2D eigenvalue weighted by atomic mass is 10.1. The van der Waals surface area contributed by atoms with Gasteiger partial charge in [-0.05, 0) is 74.3 Å². The Labute approximate surface area is 211 Å². The van der Waals surface area contributed by atoms with Crippen LogP contribution in [-0.4, -0.2) is 39.5 Å². The number of rotatable bonds is 5. The van der Waals surface area contributed by atoms with Crippen molar-refractivity contribution in [2.45, 2.75) is 52.1 Å². The van der Waals surface area contributed by atoms with Crippen LogP contribution >= 0.6 is 12.2 Å². The van der Waals surface area contributed by atoms with Gasteiger partial charge in [0.2, 0.25) is 5.91 Å². The van der Waals surface area contributed by atoms with Gasteiger partial charge in [0.25, 0.3) is 5.91 Å². The average Bonchev–Trinajstić information content (AvgIpc) is 3.52.